The van der Waals surface area contributed by atoms with Gasteiger partial charge in [-0.15, -0.1) is 12.4 Å². The van der Waals surface area contributed by atoms with Gasteiger partial charge in [-0.25, -0.2) is 0 Å². The molecular formula is C13H16ClN3. The monoisotopic (exact) mass is 249 g/mol. The maximum Gasteiger partial charge on any atom is 0.0705 e. The van der Waals surface area contributed by atoms with E-state index in [1.54, 1.807) is 0 Å². The van der Waals surface area contributed by atoms with Crippen LogP contribution in [0.2, 0.25) is 0 Å². The predicted octanol–water partition coefficient (Wildman–Crippen LogP) is 1.89. The van der Waals surface area contributed by atoms with Gasteiger partial charge in [0, 0.05) is 37.3 Å². The molecule has 0 aliphatic carbocycles. The lowest BCUT2D eigenvalue weighted by Gasteiger charge is -2.25. The topological polar surface area (TPSA) is 37.0 Å². The molecule has 4 heteroatoms. The molecule has 0 bridgehead atoms. The van der Waals surface area contributed by atoms with Gasteiger partial charge in [0.25, 0.3) is 0 Å². The van der Waals surface area contributed by atoms with Gasteiger partial charge < -0.3 is 10.6 Å². The highest BCUT2D eigenvalue weighted by atomic mass is 35.5. The van der Waals surface area contributed by atoms with Crippen LogP contribution in [-0.4, -0.2) is 24.6 Å². The lowest BCUT2D eigenvalue weighted by atomic mass is 10.0. The van der Waals surface area contributed by atoms with E-state index in [1.807, 2.05) is 12.3 Å². The van der Waals surface area contributed by atoms with Gasteiger partial charge in [-0.1, -0.05) is 18.2 Å². The molecule has 1 fully saturated rings. The summed E-state index contributed by atoms with van der Waals surface area (Å²) in [7, 11) is 0. The van der Waals surface area contributed by atoms with Crippen molar-refractivity contribution in [3.05, 3.63) is 42.1 Å². The van der Waals surface area contributed by atoms with Gasteiger partial charge in [-0.05, 0) is 17.7 Å². The van der Waals surface area contributed by atoms with Gasteiger partial charge >= 0.3 is 0 Å². The van der Waals surface area contributed by atoms with Crippen molar-refractivity contribution in [3.63, 3.8) is 0 Å². The molecule has 0 saturated carbocycles. The number of rotatable bonds is 1. The zero-order valence-corrected chi connectivity index (χ0v) is 10.3. The minimum absolute atomic E-state index is 0. The van der Waals surface area contributed by atoms with Crippen LogP contribution in [0.5, 0.6) is 0 Å². The summed E-state index contributed by atoms with van der Waals surface area (Å²) in [6.45, 7) is 3.08. The van der Waals surface area contributed by atoms with Crippen LogP contribution in [-0.2, 0) is 0 Å². The van der Waals surface area contributed by atoms with Gasteiger partial charge in [-0.2, -0.15) is 0 Å². The molecule has 3 nitrogen and oxygen atoms in total. The van der Waals surface area contributed by atoms with E-state index in [4.69, 9.17) is 0 Å². The average molecular weight is 250 g/mol. The molecule has 1 aromatic carbocycles. The van der Waals surface area contributed by atoms with E-state index >= 15 is 0 Å². The van der Waals surface area contributed by atoms with Crippen LogP contribution in [0.15, 0.2) is 36.5 Å². The summed E-state index contributed by atoms with van der Waals surface area (Å²) in [6, 6.07) is 10.8. The molecule has 1 saturated heterocycles. The van der Waals surface area contributed by atoms with E-state index in [0.717, 1.165) is 25.2 Å². The number of nitrogens with zero attached hydrogens (tertiary/aromatic N) is 1. The van der Waals surface area contributed by atoms with E-state index in [1.165, 1.54) is 10.9 Å². The average Bonchev–Trinajstić information content (AvgIpc) is 2.39. The number of aromatic nitrogens is 1. The molecule has 90 valence electrons. The molecule has 0 unspecified atom stereocenters. The normalized spacial score (nSPS) is 19.9. The van der Waals surface area contributed by atoms with Crippen molar-refractivity contribution < 1.29 is 0 Å². The number of hydrogen-bond acceptors (Lipinski definition) is 3. The smallest absolute Gasteiger partial charge is 0.0705 e. The fraction of sp³-hybridized carbons (Fsp3) is 0.308. The largest absolute Gasteiger partial charge is 0.314 e. The molecular weight excluding hydrogens is 234 g/mol. The number of fused-ring (bicyclic) bond motifs is 1. The Balaban J connectivity index is 0.00000108. The number of para-hydroxylation sites is 1. The summed E-state index contributed by atoms with van der Waals surface area (Å²) in [6.07, 6.45) is 1.90. The minimum Gasteiger partial charge on any atom is -0.314 e. The fourth-order valence-electron chi connectivity index (χ4n) is 2.30. The first kappa shape index (κ1) is 12.3. The quantitative estimate of drug-likeness (QED) is 0.811. The zero-order valence-electron chi connectivity index (χ0n) is 9.52. The fourth-order valence-corrected chi connectivity index (χ4v) is 2.30. The molecule has 0 spiro atoms. The second-order valence-electron chi connectivity index (χ2n) is 4.13. The van der Waals surface area contributed by atoms with Crippen molar-refractivity contribution in [1.82, 2.24) is 15.6 Å². The Labute approximate surface area is 107 Å². The van der Waals surface area contributed by atoms with E-state index in [2.05, 4.69) is 39.9 Å². The molecule has 0 amide bonds. The van der Waals surface area contributed by atoms with Crippen LogP contribution >= 0.6 is 12.4 Å². The van der Waals surface area contributed by atoms with Gasteiger partial charge in [0.2, 0.25) is 0 Å². The Kier molecular flexibility index (Phi) is 3.94. The maximum atomic E-state index is 4.39. The number of nitrogens with one attached hydrogen (secondary N) is 2. The number of hydrogen-bond donors (Lipinski definition) is 2. The third-order valence-electron chi connectivity index (χ3n) is 3.10. The molecule has 1 aliphatic heterocycles. The van der Waals surface area contributed by atoms with Gasteiger partial charge in [0.15, 0.2) is 0 Å². The van der Waals surface area contributed by atoms with E-state index < -0.39 is 0 Å². The number of benzene rings is 1. The second-order valence-corrected chi connectivity index (χ2v) is 4.13. The van der Waals surface area contributed by atoms with Crippen molar-refractivity contribution >= 4 is 23.3 Å². The molecule has 3 rings (SSSR count). The molecule has 1 atom stereocenters. The van der Waals surface area contributed by atoms with Gasteiger partial charge in [0.05, 0.1) is 5.52 Å². The summed E-state index contributed by atoms with van der Waals surface area (Å²) in [5.41, 5.74) is 2.42. The number of piperazine rings is 1. The molecule has 2 aromatic rings. The number of pyridine rings is 1. The third-order valence-corrected chi connectivity index (χ3v) is 3.10. The zero-order chi connectivity index (χ0) is 10.8. The maximum absolute atomic E-state index is 4.39. The van der Waals surface area contributed by atoms with Crippen LogP contribution in [0, 0.1) is 0 Å². The van der Waals surface area contributed by atoms with Crippen molar-refractivity contribution in [3.8, 4) is 0 Å². The van der Waals surface area contributed by atoms with Crippen molar-refractivity contribution in [2.75, 3.05) is 19.6 Å². The van der Waals surface area contributed by atoms with Crippen LogP contribution < -0.4 is 10.6 Å². The summed E-state index contributed by atoms with van der Waals surface area (Å²) in [5, 5.41) is 8.21. The van der Waals surface area contributed by atoms with Gasteiger partial charge in [0.1, 0.15) is 0 Å². The summed E-state index contributed by atoms with van der Waals surface area (Å²) < 4.78 is 0. The van der Waals surface area contributed by atoms with Crippen molar-refractivity contribution in [1.29, 1.82) is 0 Å². The van der Waals surface area contributed by atoms with Gasteiger partial charge in [-0.3, -0.25) is 4.98 Å². The van der Waals surface area contributed by atoms with Crippen molar-refractivity contribution in [2.45, 2.75) is 6.04 Å². The molecule has 2 heterocycles. The first-order chi connectivity index (χ1) is 7.95. The summed E-state index contributed by atoms with van der Waals surface area (Å²) in [4.78, 5) is 4.39. The SMILES string of the molecule is Cl.c1ccc2c([C@@H]3CNCCN3)ccnc2c1. The van der Waals surface area contributed by atoms with Crippen molar-refractivity contribution in [2.24, 2.45) is 0 Å². The minimum atomic E-state index is 0. The third kappa shape index (κ3) is 2.41. The molecule has 2 N–H and O–H groups in total. The van der Waals surface area contributed by atoms with E-state index in [9.17, 15) is 0 Å². The lowest BCUT2D eigenvalue weighted by Crippen LogP contribution is -2.42. The first-order valence-electron chi connectivity index (χ1n) is 5.73. The molecule has 0 radical (unpaired) electrons. The standard InChI is InChI=1S/C13H15N3.ClH/c1-2-4-12-10(3-1)11(5-6-15-12)13-9-14-7-8-16-13;/h1-6,13-14,16H,7-9H2;1H/t13-;/m0./s1. The Bertz CT molecular complexity index is 489. The first-order valence-corrected chi connectivity index (χ1v) is 5.73. The Hall–Kier alpha value is -1.16. The summed E-state index contributed by atoms with van der Waals surface area (Å²) >= 11 is 0. The molecule has 1 aromatic heterocycles. The van der Waals surface area contributed by atoms with Crippen LogP contribution in [0.25, 0.3) is 10.9 Å². The highest BCUT2D eigenvalue weighted by Crippen LogP contribution is 2.22. The van der Waals surface area contributed by atoms with Crippen LogP contribution in [0.3, 0.4) is 0 Å². The lowest BCUT2D eigenvalue weighted by molar-refractivity contribution is 0.432. The van der Waals surface area contributed by atoms with Crippen LogP contribution in [0.4, 0.5) is 0 Å². The van der Waals surface area contributed by atoms with E-state index in [0.29, 0.717) is 6.04 Å². The van der Waals surface area contributed by atoms with Crippen LogP contribution in [0.1, 0.15) is 11.6 Å². The van der Waals surface area contributed by atoms with E-state index in [-0.39, 0.29) is 12.4 Å². The Morgan fingerprint density at radius 2 is 2.00 bits per heavy atom. The molecule has 1 aliphatic rings. The highest BCUT2D eigenvalue weighted by molar-refractivity contribution is 5.85. The molecule has 17 heavy (non-hydrogen) atoms. The predicted molar refractivity (Wildman–Crippen MR) is 72.6 cm³/mol. The highest BCUT2D eigenvalue weighted by Gasteiger charge is 2.16. The number of halogens is 1. The Morgan fingerprint density at radius 1 is 1.12 bits per heavy atom. The Morgan fingerprint density at radius 3 is 2.82 bits per heavy atom. The summed E-state index contributed by atoms with van der Waals surface area (Å²) in [5.74, 6) is 0. The second kappa shape index (κ2) is 5.45.